The summed E-state index contributed by atoms with van der Waals surface area (Å²) in [6, 6.07) is 6.68. The molecule has 23 heavy (non-hydrogen) atoms. The summed E-state index contributed by atoms with van der Waals surface area (Å²) in [5, 5.41) is 7.03. The summed E-state index contributed by atoms with van der Waals surface area (Å²) >= 11 is 0. The topological polar surface area (TPSA) is 55.1 Å². The third-order valence-corrected chi connectivity index (χ3v) is 3.52. The van der Waals surface area contributed by atoms with Gasteiger partial charge in [0.25, 0.3) is 0 Å². The maximum atomic E-state index is 13.6. The first-order valence-electron chi connectivity index (χ1n) is 7.04. The van der Waals surface area contributed by atoms with Crippen molar-refractivity contribution >= 4 is 22.6 Å². The van der Waals surface area contributed by atoms with Crippen LogP contribution in [-0.4, -0.2) is 11.1 Å². The van der Waals surface area contributed by atoms with Crippen molar-refractivity contribution in [1.82, 2.24) is 5.16 Å². The number of nitrogens with zero attached hydrogens (tertiary/aromatic N) is 1. The number of halogens is 2. The molecule has 0 saturated carbocycles. The fourth-order valence-corrected chi connectivity index (χ4v) is 2.58. The van der Waals surface area contributed by atoms with Gasteiger partial charge in [-0.25, -0.2) is 8.78 Å². The van der Waals surface area contributed by atoms with Crippen LogP contribution in [0.3, 0.4) is 0 Å². The standard InChI is InChI=1S/C17H14F2N2O2/c1-9-5-10(2)17-14(21-23-15(17)6-9)8-16(22)20-13-7-11(18)3-4-12(13)19/h3-7H,8H2,1-2H3,(H,20,22). The molecular weight excluding hydrogens is 302 g/mol. The van der Waals surface area contributed by atoms with Crippen LogP contribution in [0.4, 0.5) is 14.5 Å². The van der Waals surface area contributed by atoms with Gasteiger partial charge < -0.3 is 9.84 Å². The number of fused-ring (bicyclic) bond motifs is 1. The quantitative estimate of drug-likeness (QED) is 0.797. The van der Waals surface area contributed by atoms with E-state index in [2.05, 4.69) is 10.5 Å². The molecule has 0 bridgehead atoms. The van der Waals surface area contributed by atoms with E-state index in [1.807, 2.05) is 26.0 Å². The molecule has 0 fully saturated rings. The average Bonchev–Trinajstić information content (AvgIpc) is 2.85. The first kappa shape index (κ1) is 15.1. The van der Waals surface area contributed by atoms with Gasteiger partial charge in [-0.1, -0.05) is 11.2 Å². The number of rotatable bonds is 3. The van der Waals surface area contributed by atoms with Gasteiger partial charge in [-0.2, -0.15) is 0 Å². The smallest absolute Gasteiger partial charge is 0.230 e. The molecule has 0 aliphatic heterocycles. The van der Waals surface area contributed by atoms with Crippen LogP contribution in [0.25, 0.3) is 11.0 Å². The van der Waals surface area contributed by atoms with Gasteiger partial charge in [-0.05, 0) is 43.2 Å². The highest BCUT2D eigenvalue weighted by Gasteiger charge is 2.16. The second kappa shape index (κ2) is 5.79. The van der Waals surface area contributed by atoms with Crippen molar-refractivity contribution in [1.29, 1.82) is 0 Å². The maximum absolute atomic E-state index is 13.6. The first-order valence-corrected chi connectivity index (χ1v) is 7.04. The molecule has 0 radical (unpaired) electrons. The summed E-state index contributed by atoms with van der Waals surface area (Å²) in [7, 11) is 0. The molecular formula is C17H14F2N2O2. The Morgan fingerprint density at radius 3 is 2.78 bits per heavy atom. The zero-order chi connectivity index (χ0) is 16.6. The molecule has 0 saturated heterocycles. The summed E-state index contributed by atoms with van der Waals surface area (Å²) in [5.74, 6) is -1.82. The highest BCUT2D eigenvalue weighted by molar-refractivity contribution is 5.95. The van der Waals surface area contributed by atoms with Crippen molar-refractivity contribution in [2.24, 2.45) is 0 Å². The third kappa shape index (κ3) is 3.06. The lowest BCUT2D eigenvalue weighted by Gasteiger charge is -2.06. The molecule has 1 heterocycles. The van der Waals surface area contributed by atoms with Gasteiger partial charge in [0.1, 0.15) is 17.3 Å². The lowest BCUT2D eigenvalue weighted by molar-refractivity contribution is -0.115. The zero-order valence-corrected chi connectivity index (χ0v) is 12.6. The van der Waals surface area contributed by atoms with Crippen LogP contribution in [0, 0.1) is 25.5 Å². The second-order valence-electron chi connectivity index (χ2n) is 5.43. The molecule has 4 nitrogen and oxygen atoms in total. The molecule has 0 aliphatic rings. The number of amides is 1. The molecule has 1 N–H and O–H groups in total. The van der Waals surface area contributed by atoms with E-state index in [0.29, 0.717) is 11.3 Å². The Kier molecular flexibility index (Phi) is 3.82. The number of aromatic nitrogens is 1. The van der Waals surface area contributed by atoms with Crippen LogP contribution in [0.15, 0.2) is 34.9 Å². The van der Waals surface area contributed by atoms with Gasteiger partial charge >= 0.3 is 0 Å². The average molecular weight is 316 g/mol. The van der Waals surface area contributed by atoms with Crippen molar-refractivity contribution < 1.29 is 18.1 Å². The second-order valence-corrected chi connectivity index (χ2v) is 5.43. The van der Waals surface area contributed by atoms with E-state index in [1.165, 1.54) is 0 Å². The van der Waals surface area contributed by atoms with Crippen molar-refractivity contribution in [3.05, 3.63) is 58.8 Å². The fraction of sp³-hybridized carbons (Fsp3) is 0.176. The van der Waals surface area contributed by atoms with Crippen molar-refractivity contribution in [2.45, 2.75) is 20.3 Å². The number of hydrogen-bond donors (Lipinski definition) is 1. The normalized spacial score (nSPS) is 11.0. The molecule has 3 rings (SSSR count). The van der Waals surface area contributed by atoms with Gasteiger partial charge in [0.15, 0.2) is 5.58 Å². The lowest BCUT2D eigenvalue weighted by atomic mass is 10.0. The highest BCUT2D eigenvalue weighted by atomic mass is 19.1. The van der Waals surface area contributed by atoms with E-state index in [0.717, 1.165) is 34.7 Å². The van der Waals surface area contributed by atoms with Gasteiger partial charge in [0.2, 0.25) is 5.91 Å². The Hall–Kier alpha value is -2.76. The number of hydrogen-bond acceptors (Lipinski definition) is 3. The lowest BCUT2D eigenvalue weighted by Crippen LogP contribution is -2.16. The van der Waals surface area contributed by atoms with E-state index in [1.54, 1.807) is 0 Å². The van der Waals surface area contributed by atoms with Gasteiger partial charge in [0, 0.05) is 11.5 Å². The molecule has 0 aliphatic carbocycles. The fourth-order valence-electron chi connectivity index (χ4n) is 2.58. The van der Waals surface area contributed by atoms with Gasteiger partial charge in [-0.3, -0.25) is 4.79 Å². The van der Waals surface area contributed by atoms with Crippen LogP contribution < -0.4 is 5.32 Å². The van der Waals surface area contributed by atoms with E-state index in [-0.39, 0.29) is 12.1 Å². The largest absolute Gasteiger partial charge is 0.356 e. The van der Waals surface area contributed by atoms with E-state index >= 15 is 0 Å². The SMILES string of the molecule is Cc1cc(C)c2c(CC(=O)Nc3cc(F)ccc3F)noc2c1. The predicted octanol–water partition coefficient (Wildman–Crippen LogP) is 3.90. The van der Waals surface area contributed by atoms with Gasteiger partial charge in [0.05, 0.1) is 12.1 Å². The minimum atomic E-state index is -0.698. The van der Waals surface area contributed by atoms with Crippen LogP contribution in [-0.2, 0) is 11.2 Å². The van der Waals surface area contributed by atoms with Crippen molar-refractivity contribution in [3.8, 4) is 0 Å². The Morgan fingerprint density at radius 1 is 1.22 bits per heavy atom. The summed E-state index contributed by atoms with van der Waals surface area (Å²) in [4.78, 5) is 12.1. The molecule has 1 aromatic heterocycles. The zero-order valence-electron chi connectivity index (χ0n) is 12.6. The molecule has 3 aromatic rings. The number of benzene rings is 2. The number of carbonyl (C=O) groups is 1. The summed E-state index contributed by atoms with van der Waals surface area (Å²) < 4.78 is 31.9. The van der Waals surface area contributed by atoms with E-state index < -0.39 is 17.5 Å². The van der Waals surface area contributed by atoms with Crippen molar-refractivity contribution in [2.75, 3.05) is 5.32 Å². The number of nitrogens with one attached hydrogen (secondary N) is 1. The molecule has 0 spiro atoms. The Labute approximate surface area is 131 Å². The molecule has 118 valence electrons. The molecule has 6 heteroatoms. The first-order chi connectivity index (χ1) is 10.9. The summed E-state index contributed by atoms with van der Waals surface area (Å²) in [5.41, 5.74) is 2.84. The van der Waals surface area contributed by atoms with Crippen molar-refractivity contribution in [3.63, 3.8) is 0 Å². The Morgan fingerprint density at radius 2 is 2.00 bits per heavy atom. The monoisotopic (exact) mass is 316 g/mol. The van der Waals surface area contributed by atoms with E-state index in [9.17, 15) is 13.6 Å². The number of anilines is 1. The highest BCUT2D eigenvalue weighted by Crippen LogP contribution is 2.25. The minimum absolute atomic E-state index is 0.0904. The number of carbonyl (C=O) groups excluding carboxylic acids is 1. The number of aryl methyl sites for hydroxylation is 2. The molecule has 2 aromatic carbocycles. The predicted molar refractivity (Wildman–Crippen MR) is 82.2 cm³/mol. The van der Waals surface area contributed by atoms with Crippen LogP contribution in [0.2, 0.25) is 0 Å². The Bertz CT molecular complexity index is 903. The molecule has 0 unspecified atom stereocenters. The molecule has 0 atom stereocenters. The summed E-state index contributed by atoms with van der Waals surface area (Å²) in [6.07, 6.45) is -0.0904. The Balaban J connectivity index is 1.85. The maximum Gasteiger partial charge on any atom is 0.230 e. The summed E-state index contributed by atoms with van der Waals surface area (Å²) in [6.45, 7) is 3.84. The molecule has 1 amide bonds. The minimum Gasteiger partial charge on any atom is -0.356 e. The van der Waals surface area contributed by atoms with Crippen LogP contribution in [0.1, 0.15) is 16.8 Å². The van der Waals surface area contributed by atoms with Crippen LogP contribution in [0.5, 0.6) is 0 Å². The third-order valence-electron chi connectivity index (χ3n) is 3.52. The van der Waals surface area contributed by atoms with Crippen LogP contribution >= 0.6 is 0 Å². The van der Waals surface area contributed by atoms with Gasteiger partial charge in [-0.15, -0.1) is 0 Å². The van der Waals surface area contributed by atoms with E-state index in [4.69, 9.17) is 4.52 Å².